The Bertz CT molecular complexity index is 692. The van der Waals surface area contributed by atoms with Crippen molar-refractivity contribution in [3.05, 3.63) is 42.1 Å². The van der Waals surface area contributed by atoms with E-state index in [9.17, 15) is 9.59 Å². The summed E-state index contributed by atoms with van der Waals surface area (Å²) in [6.07, 6.45) is 5.37. The molecule has 0 fully saturated rings. The van der Waals surface area contributed by atoms with E-state index in [1.807, 2.05) is 0 Å². The maximum atomic E-state index is 12.2. The molecular formula is C19H25N3O3. The fourth-order valence-corrected chi connectivity index (χ4v) is 2.34. The fourth-order valence-electron chi connectivity index (χ4n) is 2.34. The number of amides is 1. The van der Waals surface area contributed by atoms with Crippen LogP contribution in [-0.2, 0) is 11.8 Å². The van der Waals surface area contributed by atoms with Crippen LogP contribution >= 0.6 is 0 Å². The van der Waals surface area contributed by atoms with E-state index in [2.05, 4.69) is 17.3 Å². The minimum absolute atomic E-state index is 0.0614. The number of aromatic nitrogens is 2. The van der Waals surface area contributed by atoms with Crippen molar-refractivity contribution in [2.75, 3.05) is 11.9 Å². The van der Waals surface area contributed by atoms with E-state index in [-0.39, 0.29) is 24.5 Å². The molecule has 1 aromatic carbocycles. The lowest BCUT2D eigenvalue weighted by molar-refractivity contribution is -0.116. The normalized spacial score (nSPS) is 10.5. The van der Waals surface area contributed by atoms with E-state index in [4.69, 9.17) is 4.74 Å². The van der Waals surface area contributed by atoms with Gasteiger partial charge in [-0.25, -0.2) is 0 Å². The van der Waals surface area contributed by atoms with Crippen molar-refractivity contribution in [1.82, 2.24) is 9.78 Å². The highest BCUT2D eigenvalue weighted by Gasteiger charge is 2.10. The summed E-state index contributed by atoms with van der Waals surface area (Å²) in [6, 6.07) is 8.79. The van der Waals surface area contributed by atoms with Crippen molar-refractivity contribution in [2.45, 2.75) is 39.0 Å². The highest BCUT2D eigenvalue weighted by Crippen LogP contribution is 2.15. The Morgan fingerprint density at radius 1 is 1.12 bits per heavy atom. The number of Topliss-reactive ketones (excluding diaryl/α,β-unsaturated/α-hetero) is 1. The zero-order chi connectivity index (χ0) is 18.1. The van der Waals surface area contributed by atoms with E-state index in [1.165, 1.54) is 0 Å². The standard InChI is InChI=1S/C19H25N3O3/c1-3-4-5-14-25-16-8-6-15(7-9-16)17(23)10-11-19(24)20-18-12-13-22(2)21-18/h6-9,12-13H,3-5,10-11,14H2,1-2H3,(H,20,21,24). The maximum Gasteiger partial charge on any atom is 0.226 e. The monoisotopic (exact) mass is 343 g/mol. The number of hydrogen-bond acceptors (Lipinski definition) is 4. The van der Waals surface area contributed by atoms with Crippen LogP contribution in [0.4, 0.5) is 5.82 Å². The lowest BCUT2D eigenvalue weighted by atomic mass is 10.1. The molecule has 6 nitrogen and oxygen atoms in total. The topological polar surface area (TPSA) is 73.2 Å². The lowest BCUT2D eigenvalue weighted by Gasteiger charge is -2.07. The van der Waals surface area contributed by atoms with Crippen LogP contribution in [0.2, 0.25) is 0 Å². The predicted octanol–water partition coefficient (Wildman–Crippen LogP) is 3.59. The quantitative estimate of drug-likeness (QED) is 0.528. The molecule has 1 N–H and O–H groups in total. The van der Waals surface area contributed by atoms with E-state index >= 15 is 0 Å². The minimum atomic E-state index is -0.220. The van der Waals surface area contributed by atoms with Crippen LogP contribution in [0.5, 0.6) is 5.75 Å². The Morgan fingerprint density at radius 2 is 1.88 bits per heavy atom. The maximum absolute atomic E-state index is 12.2. The Labute approximate surface area is 148 Å². The van der Waals surface area contributed by atoms with Gasteiger partial charge >= 0.3 is 0 Å². The molecular weight excluding hydrogens is 318 g/mol. The number of ketones is 1. The molecule has 0 unspecified atom stereocenters. The van der Waals surface area contributed by atoms with Crippen molar-refractivity contribution < 1.29 is 14.3 Å². The summed E-state index contributed by atoms with van der Waals surface area (Å²) in [5.41, 5.74) is 0.589. The number of nitrogens with one attached hydrogen (secondary N) is 1. The number of ether oxygens (including phenoxy) is 1. The summed E-state index contributed by atoms with van der Waals surface area (Å²) < 4.78 is 7.23. The van der Waals surface area contributed by atoms with Crippen LogP contribution in [0.3, 0.4) is 0 Å². The van der Waals surface area contributed by atoms with Gasteiger partial charge in [0, 0.05) is 37.7 Å². The second kappa shape index (κ2) is 9.61. The van der Waals surface area contributed by atoms with Crippen molar-refractivity contribution in [3.63, 3.8) is 0 Å². The molecule has 0 saturated heterocycles. The molecule has 1 aromatic heterocycles. The number of unbranched alkanes of at least 4 members (excludes halogenated alkanes) is 2. The highest BCUT2D eigenvalue weighted by molar-refractivity contribution is 5.99. The van der Waals surface area contributed by atoms with Crippen LogP contribution in [0.15, 0.2) is 36.5 Å². The van der Waals surface area contributed by atoms with Gasteiger partial charge in [0.15, 0.2) is 11.6 Å². The van der Waals surface area contributed by atoms with Crippen LogP contribution < -0.4 is 10.1 Å². The molecule has 2 rings (SSSR count). The van der Waals surface area contributed by atoms with Crippen molar-refractivity contribution in [2.24, 2.45) is 7.05 Å². The van der Waals surface area contributed by atoms with Crippen LogP contribution in [-0.4, -0.2) is 28.1 Å². The van der Waals surface area contributed by atoms with Gasteiger partial charge in [-0.3, -0.25) is 14.3 Å². The van der Waals surface area contributed by atoms with E-state index in [0.717, 1.165) is 25.0 Å². The molecule has 1 heterocycles. The van der Waals surface area contributed by atoms with Gasteiger partial charge in [0.05, 0.1) is 6.61 Å². The van der Waals surface area contributed by atoms with Crippen LogP contribution in [0.1, 0.15) is 49.4 Å². The average Bonchev–Trinajstić information content (AvgIpc) is 3.02. The van der Waals surface area contributed by atoms with Gasteiger partial charge in [-0.1, -0.05) is 19.8 Å². The third-order valence-electron chi connectivity index (χ3n) is 3.75. The molecule has 0 aliphatic rings. The van der Waals surface area contributed by atoms with Gasteiger partial charge in [0.2, 0.25) is 5.91 Å². The summed E-state index contributed by atoms with van der Waals surface area (Å²) in [5, 5.41) is 6.74. The van der Waals surface area contributed by atoms with E-state index in [0.29, 0.717) is 18.0 Å². The molecule has 0 saturated carbocycles. The number of nitrogens with zero attached hydrogens (tertiary/aromatic N) is 2. The second-order valence-corrected chi connectivity index (χ2v) is 5.93. The first-order valence-electron chi connectivity index (χ1n) is 8.64. The first-order valence-corrected chi connectivity index (χ1v) is 8.64. The molecule has 0 atom stereocenters. The largest absolute Gasteiger partial charge is 0.494 e. The van der Waals surface area contributed by atoms with Gasteiger partial charge in [0.25, 0.3) is 0 Å². The minimum Gasteiger partial charge on any atom is -0.494 e. The third kappa shape index (κ3) is 6.41. The van der Waals surface area contributed by atoms with Gasteiger partial charge in [-0.2, -0.15) is 5.10 Å². The molecule has 1 amide bonds. The zero-order valence-electron chi connectivity index (χ0n) is 14.8. The number of aryl methyl sites for hydroxylation is 1. The number of rotatable bonds is 10. The second-order valence-electron chi connectivity index (χ2n) is 5.93. The van der Waals surface area contributed by atoms with E-state index < -0.39 is 0 Å². The molecule has 0 radical (unpaired) electrons. The number of hydrogen-bond donors (Lipinski definition) is 1. The summed E-state index contributed by atoms with van der Waals surface area (Å²) in [7, 11) is 1.77. The van der Waals surface area contributed by atoms with Crippen LogP contribution in [0, 0.1) is 0 Å². The Balaban J connectivity index is 1.75. The third-order valence-corrected chi connectivity index (χ3v) is 3.75. The summed E-state index contributed by atoms with van der Waals surface area (Å²) in [5.74, 6) is 0.974. The first-order chi connectivity index (χ1) is 12.1. The van der Waals surface area contributed by atoms with Gasteiger partial charge < -0.3 is 10.1 Å². The molecule has 134 valence electrons. The average molecular weight is 343 g/mol. The fraction of sp³-hybridized carbons (Fsp3) is 0.421. The summed E-state index contributed by atoms with van der Waals surface area (Å²) >= 11 is 0. The number of benzene rings is 1. The van der Waals surface area contributed by atoms with Crippen molar-refractivity contribution >= 4 is 17.5 Å². The molecule has 25 heavy (non-hydrogen) atoms. The molecule has 0 aliphatic carbocycles. The Hall–Kier alpha value is -2.63. The molecule has 6 heteroatoms. The number of anilines is 1. The summed E-state index contributed by atoms with van der Waals surface area (Å²) in [4.78, 5) is 24.0. The van der Waals surface area contributed by atoms with Crippen LogP contribution in [0.25, 0.3) is 0 Å². The van der Waals surface area contributed by atoms with Crippen molar-refractivity contribution in [3.8, 4) is 5.75 Å². The van der Waals surface area contributed by atoms with Gasteiger partial charge in [0.1, 0.15) is 5.75 Å². The van der Waals surface area contributed by atoms with E-state index in [1.54, 1.807) is 48.3 Å². The molecule has 0 spiro atoms. The predicted molar refractivity (Wildman–Crippen MR) is 96.9 cm³/mol. The van der Waals surface area contributed by atoms with Crippen molar-refractivity contribution in [1.29, 1.82) is 0 Å². The van der Waals surface area contributed by atoms with Gasteiger partial charge in [-0.05, 0) is 30.7 Å². The molecule has 2 aromatic rings. The number of carbonyl (C=O) groups excluding carboxylic acids is 2. The lowest BCUT2D eigenvalue weighted by Crippen LogP contribution is -2.14. The SMILES string of the molecule is CCCCCOc1ccc(C(=O)CCC(=O)Nc2ccn(C)n2)cc1. The zero-order valence-corrected chi connectivity index (χ0v) is 14.8. The summed E-state index contributed by atoms with van der Waals surface area (Å²) in [6.45, 7) is 2.84. The Kier molecular flexibility index (Phi) is 7.19. The molecule has 0 bridgehead atoms. The van der Waals surface area contributed by atoms with Gasteiger partial charge in [-0.15, -0.1) is 0 Å². The first kappa shape index (κ1) is 18.7. The highest BCUT2D eigenvalue weighted by atomic mass is 16.5. The molecule has 0 aliphatic heterocycles. The number of carbonyl (C=O) groups is 2. The Morgan fingerprint density at radius 3 is 2.52 bits per heavy atom. The smallest absolute Gasteiger partial charge is 0.226 e.